The molecule has 5 aliphatic rings. The molecule has 3 aliphatic heterocycles. The predicted molar refractivity (Wildman–Crippen MR) is 179 cm³/mol. The number of hydrogen-bond donors (Lipinski definition) is 0. The summed E-state index contributed by atoms with van der Waals surface area (Å²) in [6.07, 6.45) is 5.01. The standard InChI is InChI=1S/C39H33BN2O/c1-37(2)26-16-8-5-14-23(26)32-35(37)40-30-31-25(21-27-34(30)42(32)39(4)20-12-11-19-38(27,39)3)22-13-6-9-17-28(22)41(31)33-24-15-7-10-18-29(24)43-36(33)40/h5-10,13-18,21H,11-12,19-20H2,1-4H3. The van der Waals surface area contributed by atoms with Crippen LogP contribution in [0.3, 0.4) is 0 Å². The third-order valence-corrected chi connectivity index (χ3v) is 12.7. The number of benzene rings is 4. The summed E-state index contributed by atoms with van der Waals surface area (Å²) < 4.78 is 9.65. The third kappa shape index (κ3) is 2.25. The lowest BCUT2D eigenvalue weighted by atomic mass is 9.32. The second kappa shape index (κ2) is 6.96. The smallest absolute Gasteiger partial charge is 0.294 e. The fourth-order valence-corrected chi connectivity index (χ4v) is 10.6. The van der Waals surface area contributed by atoms with Gasteiger partial charge in [-0.1, -0.05) is 93.7 Å². The van der Waals surface area contributed by atoms with E-state index in [4.69, 9.17) is 4.42 Å². The molecule has 4 heteroatoms. The van der Waals surface area contributed by atoms with Crippen LogP contribution in [0.4, 0.5) is 5.69 Å². The Morgan fingerprint density at radius 3 is 2.37 bits per heavy atom. The van der Waals surface area contributed by atoms with Gasteiger partial charge >= 0.3 is 0 Å². The van der Waals surface area contributed by atoms with Crippen molar-refractivity contribution in [3.63, 3.8) is 0 Å². The number of furan rings is 1. The van der Waals surface area contributed by atoms with Crippen LogP contribution in [0.15, 0.2) is 88.8 Å². The zero-order valence-electron chi connectivity index (χ0n) is 25.2. The van der Waals surface area contributed by atoms with Crippen molar-refractivity contribution in [3.05, 3.63) is 101 Å². The summed E-state index contributed by atoms with van der Waals surface area (Å²) >= 11 is 0. The Morgan fingerprint density at radius 1 is 0.744 bits per heavy atom. The molecule has 1 fully saturated rings. The van der Waals surface area contributed by atoms with Gasteiger partial charge in [0.25, 0.3) is 6.71 Å². The van der Waals surface area contributed by atoms with Crippen molar-refractivity contribution in [2.75, 3.05) is 4.90 Å². The number of allylic oxidation sites excluding steroid dienone is 1. The van der Waals surface area contributed by atoms with Gasteiger partial charge in [0.1, 0.15) is 5.58 Å². The molecule has 5 heterocycles. The van der Waals surface area contributed by atoms with E-state index in [1.54, 1.807) is 5.56 Å². The molecule has 0 bridgehead atoms. The average molecular weight is 557 g/mol. The highest BCUT2D eigenvalue weighted by atomic mass is 16.3. The first-order valence-corrected chi connectivity index (χ1v) is 16.1. The molecule has 2 unspecified atom stereocenters. The second-order valence-corrected chi connectivity index (χ2v) is 14.8. The van der Waals surface area contributed by atoms with Crippen molar-refractivity contribution >= 4 is 62.0 Å². The lowest BCUT2D eigenvalue weighted by Gasteiger charge is -2.52. The van der Waals surface area contributed by atoms with Gasteiger partial charge in [-0.15, -0.1) is 0 Å². The molecule has 0 spiro atoms. The number of aromatic nitrogens is 1. The molecule has 2 atom stereocenters. The van der Waals surface area contributed by atoms with Gasteiger partial charge in [-0.2, -0.15) is 0 Å². The quantitative estimate of drug-likeness (QED) is 0.176. The van der Waals surface area contributed by atoms with Crippen LogP contribution in [0, 0.1) is 0 Å². The van der Waals surface area contributed by atoms with Gasteiger partial charge in [0, 0.05) is 43.9 Å². The first kappa shape index (κ1) is 23.3. The van der Waals surface area contributed by atoms with Crippen LogP contribution >= 0.6 is 0 Å². The van der Waals surface area contributed by atoms with Gasteiger partial charge in [-0.05, 0) is 60.6 Å². The van der Waals surface area contributed by atoms with Crippen LogP contribution < -0.4 is 16.0 Å². The summed E-state index contributed by atoms with van der Waals surface area (Å²) in [6, 6.07) is 29.6. The van der Waals surface area contributed by atoms with E-state index in [-0.39, 0.29) is 23.1 Å². The molecule has 4 aromatic carbocycles. The highest BCUT2D eigenvalue weighted by Crippen LogP contribution is 2.65. The van der Waals surface area contributed by atoms with E-state index in [1.807, 2.05) is 0 Å². The summed E-state index contributed by atoms with van der Waals surface area (Å²) in [5.74, 6) is 0. The van der Waals surface area contributed by atoms with Gasteiger partial charge in [0.2, 0.25) is 0 Å². The van der Waals surface area contributed by atoms with E-state index in [2.05, 4.69) is 116 Å². The largest absolute Gasteiger partial charge is 0.468 e. The van der Waals surface area contributed by atoms with Gasteiger partial charge in [0.15, 0.2) is 0 Å². The number of anilines is 1. The number of hydrogen-bond acceptors (Lipinski definition) is 2. The molecule has 1 saturated carbocycles. The Labute approximate surface area is 251 Å². The summed E-state index contributed by atoms with van der Waals surface area (Å²) in [6.45, 7) is 10.2. The first-order chi connectivity index (χ1) is 20.9. The Kier molecular flexibility index (Phi) is 3.77. The fourth-order valence-electron chi connectivity index (χ4n) is 10.6. The molecule has 0 N–H and O–H groups in total. The van der Waals surface area contributed by atoms with E-state index >= 15 is 0 Å². The summed E-state index contributed by atoms with van der Waals surface area (Å²) in [5.41, 5.74) is 16.3. The van der Waals surface area contributed by atoms with Crippen molar-refractivity contribution in [3.8, 4) is 5.69 Å². The molecule has 2 aliphatic carbocycles. The maximum Gasteiger partial charge on any atom is 0.294 e. The molecule has 2 aromatic heterocycles. The maximum atomic E-state index is 7.08. The monoisotopic (exact) mass is 556 g/mol. The van der Waals surface area contributed by atoms with E-state index in [9.17, 15) is 0 Å². The van der Waals surface area contributed by atoms with Crippen LogP contribution in [0.2, 0.25) is 0 Å². The number of fused-ring (bicyclic) bond motifs is 15. The summed E-state index contributed by atoms with van der Waals surface area (Å²) in [7, 11) is 0. The highest BCUT2D eigenvalue weighted by molar-refractivity contribution is 6.96. The van der Waals surface area contributed by atoms with Gasteiger partial charge in [-0.3, -0.25) is 0 Å². The molecule has 208 valence electrons. The van der Waals surface area contributed by atoms with Crippen LogP contribution in [0.5, 0.6) is 0 Å². The fraction of sp³-hybridized carbons (Fsp3) is 0.282. The topological polar surface area (TPSA) is 21.3 Å². The van der Waals surface area contributed by atoms with E-state index in [0.717, 1.165) is 11.2 Å². The molecule has 11 rings (SSSR count). The van der Waals surface area contributed by atoms with Crippen LogP contribution in [0.1, 0.15) is 70.1 Å². The Hall–Kier alpha value is -4.18. The van der Waals surface area contributed by atoms with Crippen molar-refractivity contribution in [2.24, 2.45) is 0 Å². The lowest BCUT2D eigenvalue weighted by Crippen LogP contribution is -2.60. The van der Waals surface area contributed by atoms with Crippen molar-refractivity contribution in [1.82, 2.24) is 4.57 Å². The molecular formula is C39H33BN2O. The minimum atomic E-state index is -0.134. The highest BCUT2D eigenvalue weighted by Gasteiger charge is 2.65. The van der Waals surface area contributed by atoms with E-state index < -0.39 is 0 Å². The Balaban J connectivity index is 1.43. The zero-order valence-corrected chi connectivity index (χ0v) is 25.2. The van der Waals surface area contributed by atoms with E-state index in [1.165, 1.54) is 92.0 Å². The van der Waals surface area contributed by atoms with Crippen LogP contribution in [-0.2, 0) is 10.8 Å². The van der Waals surface area contributed by atoms with Gasteiger partial charge in [0.05, 0.1) is 27.9 Å². The number of para-hydroxylation sites is 2. The Bertz CT molecular complexity index is 2330. The third-order valence-electron chi connectivity index (χ3n) is 12.7. The maximum absolute atomic E-state index is 7.08. The molecule has 3 nitrogen and oxygen atoms in total. The average Bonchev–Trinajstić information content (AvgIpc) is 3.69. The van der Waals surface area contributed by atoms with Crippen molar-refractivity contribution < 1.29 is 4.42 Å². The normalized spacial score (nSPS) is 25.5. The number of nitrogens with zero attached hydrogens (tertiary/aromatic N) is 2. The summed E-state index contributed by atoms with van der Waals surface area (Å²) in [4.78, 5) is 2.88. The SMILES string of the molecule is CC1(C)C2=C(c3ccccc31)N1c3c(cc4c5ccccc5n5c4c3B2c2oc3ccccc3c2-5)C2(C)CCCCC12C. The minimum Gasteiger partial charge on any atom is -0.468 e. The molecular weight excluding hydrogens is 523 g/mol. The number of rotatable bonds is 0. The Morgan fingerprint density at radius 2 is 1.49 bits per heavy atom. The lowest BCUT2D eigenvalue weighted by molar-refractivity contribution is 0.195. The van der Waals surface area contributed by atoms with Gasteiger partial charge in [-0.25, -0.2) is 0 Å². The van der Waals surface area contributed by atoms with Crippen molar-refractivity contribution in [1.29, 1.82) is 0 Å². The predicted octanol–water partition coefficient (Wildman–Crippen LogP) is 8.12. The van der Waals surface area contributed by atoms with Crippen LogP contribution in [0.25, 0.3) is 44.2 Å². The molecule has 43 heavy (non-hydrogen) atoms. The van der Waals surface area contributed by atoms with Crippen LogP contribution in [-0.4, -0.2) is 16.8 Å². The first-order valence-electron chi connectivity index (χ1n) is 16.1. The molecule has 0 radical (unpaired) electrons. The van der Waals surface area contributed by atoms with Crippen molar-refractivity contribution in [2.45, 2.75) is 69.7 Å². The summed E-state index contributed by atoms with van der Waals surface area (Å²) in [5, 5.41) is 3.96. The van der Waals surface area contributed by atoms with E-state index in [0.29, 0.717) is 0 Å². The van der Waals surface area contributed by atoms with Gasteiger partial charge < -0.3 is 13.9 Å². The molecule has 0 amide bonds. The second-order valence-electron chi connectivity index (χ2n) is 14.8. The zero-order chi connectivity index (χ0) is 28.6. The minimum absolute atomic E-state index is 0.0107. The molecule has 0 saturated heterocycles. The molecule has 6 aromatic rings.